The second-order valence-electron chi connectivity index (χ2n) is 5.56. The van der Waals surface area contributed by atoms with Crippen LogP contribution in [0.3, 0.4) is 0 Å². The molecule has 1 aliphatic heterocycles. The van der Waals surface area contributed by atoms with Gasteiger partial charge in [0.1, 0.15) is 5.75 Å². The van der Waals surface area contributed by atoms with Gasteiger partial charge in [-0.05, 0) is 18.2 Å². The Kier molecular flexibility index (Phi) is 6.31. The van der Waals surface area contributed by atoms with Crippen molar-refractivity contribution in [3.63, 3.8) is 0 Å². The molecular weight excluding hydrogens is 347 g/mol. The van der Waals surface area contributed by atoms with E-state index in [9.17, 15) is 18.0 Å². The van der Waals surface area contributed by atoms with E-state index in [-0.39, 0.29) is 12.5 Å². The summed E-state index contributed by atoms with van der Waals surface area (Å²) >= 11 is 5.99. The van der Waals surface area contributed by atoms with Crippen molar-refractivity contribution >= 4 is 23.2 Å². The fourth-order valence-corrected chi connectivity index (χ4v) is 2.76. The summed E-state index contributed by atoms with van der Waals surface area (Å²) in [6, 6.07) is 4.90. The van der Waals surface area contributed by atoms with Crippen molar-refractivity contribution in [1.29, 1.82) is 0 Å². The second-order valence-corrected chi connectivity index (χ2v) is 5.97. The number of ether oxygens (including phenoxy) is 1. The van der Waals surface area contributed by atoms with Crippen LogP contribution in [0.4, 0.5) is 18.9 Å². The summed E-state index contributed by atoms with van der Waals surface area (Å²) in [4.78, 5) is 15.2. The third-order valence-electron chi connectivity index (χ3n) is 3.67. The molecule has 1 N–H and O–H groups in total. The number of piperazine rings is 1. The van der Waals surface area contributed by atoms with E-state index >= 15 is 0 Å². The maximum absolute atomic E-state index is 12.3. The lowest BCUT2D eigenvalue weighted by Gasteiger charge is -2.34. The molecular formula is C15H19ClF3N3O2. The van der Waals surface area contributed by atoms with Gasteiger partial charge in [-0.25, -0.2) is 0 Å². The molecule has 134 valence electrons. The summed E-state index contributed by atoms with van der Waals surface area (Å²) in [5.41, 5.74) is 0.543. The Hall–Kier alpha value is -1.51. The highest BCUT2D eigenvalue weighted by atomic mass is 35.5. The highest BCUT2D eigenvalue weighted by molar-refractivity contribution is 6.32. The highest BCUT2D eigenvalue weighted by Gasteiger charge is 2.32. The maximum atomic E-state index is 12.3. The third kappa shape index (κ3) is 5.85. The molecule has 0 radical (unpaired) electrons. The van der Waals surface area contributed by atoms with E-state index in [0.29, 0.717) is 42.6 Å². The molecule has 1 aromatic rings. The zero-order chi connectivity index (χ0) is 17.7. The number of amides is 1. The van der Waals surface area contributed by atoms with Gasteiger partial charge in [-0.15, -0.1) is 0 Å². The molecule has 0 spiro atoms. The number of hydrogen-bond acceptors (Lipinski definition) is 4. The predicted molar refractivity (Wildman–Crippen MR) is 85.6 cm³/mol. The van der Waals surface area contributed by atoms with E-state index in [1.807, 2.05) is 4.90 Å². The predicted octanol–water partition coefficient (Wildman–Crippen LogP) is 2.47. The summed E-state index contributed by atoms with van der Waals surface area (Å²) in [6.07, 6.45) is -4.19. The van der Waals surface area contributed by atoms with Crippen molar-refractivity contribution in [1.82, 2.24) is 9.80 Å². The molecule has 2 rings (SSSR count). The Morgan fingerprint density at radius 1 is 1.25 bits per heavy atom. The second kappa shape index (κ2) is 8.04. The molecule has 1 heterocycles. The van der Waals surface area contributed by atoms with Crippen LogP contribution in [0.15, 0.2) is 18.2 Å². The minimum Gasteiger partial charge on any atom is -0.495 e. The largest absolute Gasteiger partial charge is 0.495 e. The average Bonchev–Trinajstić information content (AvgIpc) is 2.48. The van der Waals surface area contributed by atoms with E-state index in [2.05, 4.69) is 5.32 Å². The lowest BCUT2D eigenvalue weighted by molar-refractivity contribution is -0.149. The number of carbonyl (C=O) groups is 1. The van der Waals surface area contributed by atoms with Crippen molar-refractivity contribution in [3.8, 4) is 5.75 Å². The summed E-state index contributed by atoms with van der Waals surface area (Å²) in [5.74, 6) is 0.274. The third-order valence-corrected chi connectivity index (χ3v) is 3.97. The Balaban J connectivity index is 1.78. The Labute approximate surface area is 143 Å². The van der Waals surface area contributed by atoms with Crippen molar-refractivity contribution < 1.29 is 22.7 Å². The number of nitrogens with one attached hydrogen (secondary N) is 1. The number of hydrogen-bond donors (Lipinski definition) is 1. The molecule has 1 amide bonds. The minimum absolute atomic E-state index is 0.128. The molecule has 0 bridgehead atoms. The first-order chi connectivity index (χ1) is 11.3. The zero-order valence-corrected chi connectivity index (χ0v) is 14.0. The van der Waals surface area contributed by atoms with Gasteiger partial charge in [0.25, 0.3) is 0 Å². The van der Waals surface area contributed by atoms with Crippen LogP contribution >= 0.6 is 11.6 Å². The Morgan fingerprint density at radius 2 is 1.88 bits per heavy atom. The van der Waals surface area contributed by atoms with Crippen LogP contribution in [0.25, 0.3) is 0 Å². The van der Waals surface area contributed by atoms with Crippen molar-refractivity contribution in [3.05, 3.63) is 23.2 Å². The number of carbonyl (C=O) groups excluding carboxylic acids is 1. The molecule has 1 fully saturated rings. The van der Waals surface area contributed by atoms with Crippen LogP contribution < -0.4 is 10.1 Å². The van der Waals surface area contributed by atoms with Gasteiger partial charge in [0, 0.05) is 31.9 Å². The Bertz CT molecular complexity index is 576. The van der Waals surface area contributed by atoms with Gasteiger partial charge < -0.3 is 10.1 Å². The highest BCUT2D eigenvalue weighted by Crippen LogP contribution is 2.27. The van der Waals surface area contributed by atoms with Crippen LogP contribution in [0.1, 0.15) is 0 Å². The van der Waals surface area contributed by atoms with E-state index in [0.717, 1.165) is 0 Å². The number of benzene rings is 1. The van der Waals surface area contributed by atoms with E-state index in [4.69, 9.17) is 16.3 Å². The van der Waals surface area contributed by atoms with Crippen molar-refractivity contribution in [2.24, 2.45) is 0 Å². The molecule has 1 saturated heterocycles. The smallest absolute Gasteiger partial charge is 0.401 e. The summed E-state index contributed by atoms with van der Waals surface area (Å²) < 4.78 is 42.0. The first-order valence-corrected chi connectivity index (χ1v) is 7.79. The minimum atomic E-state index is -4.19. The van der Waals surface area contributed by atoms with Crippen LogP contribution in [0, 0.1) is 0 Å². The Morgan fingerprint density at radius 3 is 2.42 bits per heavy atom. The van der Waals surface area contributed by atoms with Crippen LogP contribution in [0.5, 0.6) is 5.75 Å². The fraction of sp³-hybridized carbons (Fsp3) is 0.533. The zero-order valence-electron chi connectivity index (χ0n) is 13.2. The monoisotopic (exact) mass is 365 g/mol. The molecule has 1 aliphatic rings. The molecule has 24 heavy (non-hydrogen) atoms. The lowest BCUT2D eigenvalue weighted by atomic mass is 10.3. The average molecular weight is 366 g/mol. The number of rotatable bonds is 5. The standard InChI is InChI=1S/C15H19ClF3N3O2/c1-24-13-3-2-11(8-12(13)16)20-14(23)9-21-4-6-22(7-5-21)10-15(17,18)19/h2-3,8H,4-7,9-10H2,1H3,(H,20,23). The van der Waals surface area contributed by atoms with E-state index < -0.39 is 12.7 Å². The number of halogens is 4. The van der Waals surface area contributed by atoms with Gasteiger partial charge in [-0.3, -0.25) is 14.6 Å². The molecule has 1 aromatic carbocycles. The topological polar surface area (TPSA) is 44.8 Å². The van der Waals surface area contributed by atoms with Gasteiger partial charge in [0.15, 0.2) is 0 Å². The van der Waals surface area contributed by atoms with E-state index in [1.54, 1.807) is 18.2 Å². The maximum Gasteiger partial charge on any atom is 0.401 e. The van der Waals surface area contributed by atoms with Gasteiger partial charge in [0.2, 0.25) is 5.91 Å². The molecule has 5 nitrogen and oxygen atoms in total. The quantitative estimate of drug-likeness (QED) is 0.870. The molecule has 0 aromatic heterocycles. The normalized spacial score (nSPS) is 16.9. The molecule has 0 saturated carbocycles. The van der Waals surface area contributed by atoms with Crippen LogP contribution in [-0.2, 0) is 4.79 Å². The molecule has 0 atom stereocenters. The molecule has 0 unspecified atom stereocenters. The van der Waals surface area contributed by atoms with E-state index in [1.165, 1.54) is 12.0 Å². The van der Waals surface area contributed by atoms with Crippen molar-refractivity contribution in [2.45, 2.75) is 6.18 Å². The van der Waals surface area contributed by atoms with Gasteiger partial charge >= 0.3 is 6.18 Å². The molecule has 0 aliphatic carbocycles. The number of nitrogens with zero attached hydrogens (tertiary/aromatic N) is 2. The van der Waals surface area contributed by atoms with Gasteiger partial charge in [-0.2, -0.15) is 13.2 Å². The number of methoxy groups -OCH3 is 1. The molecule has 9 heteroatoms. The van der Waals surface area contributed by atoms with Crippen LogP contribution in [0.2, 0.25) is 5.02 Å². The number of alkyl halides is 3. The summed E-state index contributed by atoms with van der Waals surface area (Å²) in [5, 5.41) is 3.10. The number of anilines is 1. The fourth-order valence-electron chi connectivity index (χ4n) is 2.51. The first kappa shape index (κ1) is 18.8. The SMILES string of the molecule is COc1ccc(NC(=O)CN2CCN(CC(F)(F)F)CC2)cc1Cl. The van der Waals surface area contributed by atoms with Gasteiger partial charge in [-0.1, -0.05) is 11.6 Å². The summed E-state index contributed by atoms with van der Waals surface area (Å²) in [7, 11) is 1.50. The lowest BCUT2D eigenvalue weighted by Crippen LogP contribution is -2.50. The first-order valence-electron chi connectivity index (χ1n) is 7.41. The van der Waals surface area contributed by atoms with Gasteiger partial charge in [0.05, 0.1) is 25.2 Å². The van der Waals surface area contributed by atoms with Crippen LogP contribution in [-0.4, -0.2) is 68.3 Å². The van der Waals surface area contributed by atoms with Crippen molar-refractivity contribution in [2.75, 3.05) is 51.7 Å². The summed E-state index contributed by atoms with van der Waals surface area (Å²) in [6.45, 7) is 0.656.